The number of aliphatic carboxylic acids is 1. The predicted molar refractivity (Wildman–Crippen MR) is 87.2 cm³/mol. The molecule has 4 atom stereocenters. The van der Waals surface area contributed by atoms with Crippen LogP contribution in [0, 0.1) is 36.0 Å². The van der Waals surface area contributed by atoms with Gasteiger partial charge in [-0.25, -0.2) is 0 Å². The number of amides is 1. The molecule has 5 heteroatoms. The quantitative estimate of drug-likeness (QED) is 0.833. The number of halogens is 1. The first kappa shape index (κ1) is 14.8. The fraction of sp³-hybridized carbons (Fsp3) is 0.444. The number of anilines is 1. The lowest BCUT2D eigenvalue weighted by Crippen LogP contribution is -2.36. The van der Waals surface area contributed by atoms with Crippen molar-refractivity contribution in [1.82, 2.24) is 0 Å². The molecule has 4 nitrogen and oxygen atoms in total. The average Bonchev–Trinajstić information content (AvgIpc) is 3.17. The number of hydrogen-bond donors (Lipinski definition) is 2. The lowest BCUT2D eigenvalue weighted by atomic mass is 9.82. The monoisotopic (exact) mass is 331 g/mol. The van der Waals surface area contributed by atoms with Crippen LogP contribution in [0.15, 0.2) is 30.4 Å². The van der Waals surface area contributed by atoms with E-state index in [0.29, 0.717) is 10.7 Å². The van der Waals surface area contributed by atoms with E-state index in [1.807, 2.05) is 13.0 Å². The molecule has 23 heavy (non-hydrogen) atoms. The van der Waals surface area contributed by atoms with Gasteiger partial charge in [0.05, 0.1) is 11.8 Å². The second kappa shape index (κ2) is 4.84. The van der Waals surface area contributed by atoms with Crippen LogP contribution in [-0.2, 0) is 9.59 Å². The SMILES string of the molecule is Cc1c(Cl)cccc1NC(=O)C1C(C(=O)O)C2C=CC1C21CC1. The smallest absolute Gasteiger partial charge is 0.307 e. The maximum absolute atomic E-state index is 12.8. The van der Waals surface area contributed by atoms with E-state index in [-0.39, 0.29) is 23.2 Å². The Morgan fingerprint density at radius 3 is 2.48 bits per heavy atom. The van der Waals surface area contributed by atoms with Crippen LogP contribution < -0.4 is 5.32 Å². The summed E-state index contributed by atoms with van der Waals surface area (Å²) in [5, 5.41) is 13.1. The molecule has 0 radical (unpaired) electrons. The van der Waals surface area contributed by atoms with Crippen LogP contribution in [-0.4, -0.2) is 17.0 Å². The second-order valence-electron chi connectivity index (χ2n) is 6.96. The molecule has 1 aromatic carbocycles. The summed E-state index contributed by atoms with van der Waals surface area (Å²) in [5.74, 6) is -2.13. The Labute approximate surface area is 139 Å². The second-order valence-corrected chi connectivity index (χ2v) is 7.37. The predicted octanol–water partition coefficient (Wildman–Crippen LogP) is 3.50. The molecule has 1 spiro atoms. The van der Waals surface area contributed by atoms with Crippen molar-refractivity contribution in [2.75, 3.05) is 5.32 Å². The van der Waals surface area contributed by atoms with Gasteiger partial charge in [0.1, 0.15) is 0 Å². The van der Waals surface area contributed by atoms with Gasteiger partial charge in [-0.1, -0.05) is 29.8 Å². The Balaban J connectivity index is 1.64. The molecule has 0 saturated heterocycles. The average molecular weight is 332 g/mol. The molecule has 2 fully saturated rings. The third kappa shape index (κ3) is 1.97. The molecule has 120 valence electrons. The zero-order chi connectivity index (χ0) is 16.4. The van der Waals surface area contributed by atoms with Gasteiger partial charge in [0.15, 0.2) is 0 Å². The Hall–Kier alpha value is -1.81. The Morgan fingerprint density at radius 2 is 1.87 bits per heavy atom. The molecule has 0 aliphatic heterocycles. The largest absolute Gasteiger partial charge is 0.481 e. The molecular formula is C18H18ClNO3. The zero-order valence-corrected chi connectivity index (χ0v) is 13.5. The molecule has 3 aliphatic rings. The van der Waals surface area contributed by atoms with Crippen LogP contribution in [0.2, 0.25) is 5.02 Å². The van der Waals surface area contributed by atoms with Crippen molar-refractivity contribution >= 4 is 29.2 Å². The highest BCUT2D eigenvalue weighted by Crippen LogP contribution is 2.72. The van der Waals surface area contributed by atoms with E-state index in [9.17, 15) is 14.7 Å². The lowest BCUT2D eigenvalue weighted by Gasteiger charge is -2.24. The number of carboxylic acid groups (broad SMARTS) is 1. The van der Waals surface area contributed by atoms with Crippen LogP contribution in [0.5, 0.6) is 0 Å². The Bertz CT molecular complexity index is 738. The van der Waals surface area contributed by atoms with Gasteiger partial charge in [0, 0.05) is 10.7 Å². The van der Waals surface area contributed by atoms with Crippen molar-refractivity contribution < 1.29 is 14.7 Å². The van der Waals surface area contributed by atoms with E-state index in [2.05, 4.69) is 11.4 Å². The first-order valence-corrected chi connectivity index (χ1v) is 8.30. The maximum atomic E-state index is 12.8. The van der Waals surface area contributed by atoms with Gasteiger partial charge in [-0.3, -0.25) is 9.59 Å². The first-order valence-electron chi connectivity index (χ1n) is 7.93. The van der Waals surface area contributed by atoms with E-state index in [0.717, 1.165) is 18.4 Å². The molecule has 4 unspecified atom stereocenters. The minimum absolute atomic E-state index is 0.00112. The molecule has 2 bridgehead atoms. The molecule has 0 aromatic heterocycles. The summed E-state index contributed by atoms with van der Waals surface area (Å²) in [5.41, 5.74) is 1.49. The summed E-state index contributed by atoms with van der Waals surface area (Å²) in [7, 11) is 0. The fourth-order valence-corrected chi connectivity index (χ4v) is 4.82. The molecule has 4 rings (SSSR count). The van der Waals surface area contributed by atoms with Crippen LogP contribution in [0.3, 0.4) is 0 Å². The minimum Gasteiger partial charge on any atom is -0.481 e. The number of carbonyl (C=O) groups is 2. The van der Waals surface area contributed by atoms with Crippen LogP contribution in [0.25, 0.3) is 0 Å². The molecule has 2 saturated carbocycles. The molecule has 2 N–H and O–H groups in total. The van der Waals surface area contributed by atoms with Crippen LogP contribution in [0.4, 0.5) is 5.69 Å². The van der Waals surface area contributed by atoms with Crippen molar-refractivity contribution in [1.29, 1.82) is 0 Å². The third-order valence-electron chi connectivity index (χ3n) is 5.95. The highest BCUT2D eigenvalue weighted by atomic mass is 35.5. The van der Waals surface area contributed by atoms with Crippen molar-refractivity contribution in [2.24, 2.45) is 29.1 Å². The van der Waals surface area contributed by atoms with Gasteiger partial charge in [-0.05, 0) is 54.7 Å². The van der Waals surface area contributed by atoms with Gasteiger partial charge < -0.3 is 10.4 Å². The molecule has 1 aromatic rings. The van der Waals surface area contributed by atoms with Gasteiger partial charge >= 0.3 is 5.97 Å². The minimum atomic E-state index is -0.865. The normalized spacial score (nSPS) is 32.3. The molecule has 3 aliphatic carbocycles. The number of carboxylic acids is 1. The Kier molecular flexibility index (Phi) is 3.11. The van der Waals surface area contributed by atoms with Gasteiger partial charge in [0.25, 0.3) is 0 Å². The summed E-state index contributed by atoms with van der Waals surface area (Å²) in [6.07, 6.45) is 6.13. The molecule has 0 heterocycles. The van der Waals surface area contributed by atoms with Crippen molar-refractivity contribution in [3.63, 3.8) is 0 Å². The van der Waals surface area contributed by atoms with E-state index in [1.165, 1.54) is 0 Å². The summed E-state index contributed by atoms with van der Waals surface area (Å²) in [6, 6.07) is 5.35. The third-order valence-corrected chi connectivity index (χ3v) is 6.36. The van der Waals surface area contributed by atoms with Gasteiger partial charge in [-0.2, -0.15) is 0 Å². The zero-order valence-electron chi connectivity index (χ0n) is 12.8. The maximum Gasteiger partial charge on any atom is 0.307 e. The Morgan fingerprint density at radius 1 is 1.22 bits per heavy atom. The van der Waals surface area contributed by atoms with E-state index in [1.54, 1.807) is 18.2 Å². The van der Waals surface area contributed by atoms with Crippen LogP contribution >= 0.6 is 11.6 Å². The fourth-order valence-electron chi connectivity index (χ4n) is 4.65. The number of rotatable bonds is 3. The van der Waals surface area contributed by atoms with Gasteiger partial charge in [0.2, 0.25) is 5.91 Å². The van der Waals surface area contributed by atoms with Crippen molar-refractivity contribution in [3.05, 3.63) is 40.9 Å². The first-order chi connectivity index (χ1) is 11.0. The van der Waals surface area contributed by atoms with Crippen molar-refractivity contribution in [2.45, 2.75) is 19.8 Å². The summed E-state index contributed by atoms with van der Waals surface area (Å²) in [6.45, 7) is 1.84. The number of hydrogen-bond acceptors (Lipinski definition) is 2. The van der Waals surface area contributed by atoms with E-state index in [4.69, 9.17) is 11.6 Å². The number of nitrogens with one attached hydrogen (secondary N) is 1. The van der Waals surface area contributed by atoms with E-state index >= 15 is 0 Å². The highest BCUT2D eigenvalue weighted by Gasteiger charge is 2.70. The van der Waals surface area contributed by atoms with Gasteiger partial charge in [-0.15, -0.1) is 0 Å². The lowest BCUT2D eigenvalue weighted by molar-refractivity contribution is -0.146. The van der Waals surface area contributed by atoms with Crippen LogP contribution in [0.1, 0.15) is 18.4 Å². The standard InChI is InChI=1S/C18H18ClNO3/c1-9-12(19)3-2-4-13(9)20-16(21)14-10-5-6-11(15(14)17(22)23)18(10)7-8-18/h2-6,10-11,14-15H,7-8H2,1H3,(H,20,21)(H,22,23). The molecular weight excluding hydrogens is 314 g/mol. The molecule has 1 amide bonds. The summed E-state index contributed by atoms with van der Waals surface area (Å²) < 4.78 is 0. The number of carbonyl (C=O) groups excluding carboxylic acids is 1. The number of benzene rings is 1. The summed E-state index contributed by atoms with van der Waals surface area (Å²) >= 11 is 6.10. The van der Waals surface area contributed by atoms with Crippen molar-refractivity contribution in [3.8, 4) is 0 Å². The topological polar surface area (TPSA) is 66.4 Å². The highest BCUT2D eigenvalue weighted by molar-refractivity contribution is 6.31. The summed E-state index contributed by atoms with van der Waals surface area (Å²) in [4.78, 5) is 24.6. The van der Waals surface area contributed by atoms with E-state index < -0.39 is 17.8 Å². The number of allylic oxidation sites excluding steroid dienone is 2.